The molecule has 1 aliphatic carbocycles. The standard InChI is InChI=1S/C10H14O/c1-8(2)10-5-3-9(7-11)4-6-10/h3,7,10H,1,4-6H2,2H3/i7D. The molecule has 1 nitrogen and oxygen atoms in total. The van der Waals surface area contributed by atoms with Crippen LogP contribution in [-0.4, -0.2) is 6.26 Å². The van der Waals surface area contributed by atoms with E-state index < -0.39 is 6.26 Å². The van der Waals surface area contributed by atoms with Crippen LogP contribution in [0.1, 0.15) is 27.6 Å². The summed E-state index contributed by atoms with van der Waals surface area (Å²) in [6.45, 7) is 5.91. The molecule has 0 bridgehead atoms. The Morgan fingerprint density at radius 2 is 2.73 bits per heavy atom. The Bertz CT molecular complexity index is 240. The molecule has 1 rings (SSSR count). The van der Waals surface area contributed by atoms with E-state index in [1.807, 2.05) is 13.0 Å². The number of rotatable bonds is 2. The molecule has 11 heavy (non-hydrogen) atoms. The van der Waals surface area contributed by atoms with Crippen LogP contribution < -0.4 is 0 Å². The Hall–Kier alpha value is -0.850. The number of carbonyl (C=O) groups is 1. The van der Waals surface area contributed by atoms with Gasteiger partial charge in [0.1, 0.15) is 7.63 Å². The maximum absolute atomic E-state index is 10.7. The van der Waals surface area contributed by atoms with E-state index in [2.05, 4.69) is 6.58 Å². The summed E-state index contributed by atoms with van der Waals surface area (Å²) in [6.07, 6.45) is 3.98. The first kappa shape index (κ1) is 6.84. The lowest BCUT2D eigenvalue weighted by Gasteiger charge is -2.19. The molecule has 1 atom stereocenters. The summed E-state index contributed by atoms with van der Waals surface area (Å²) in [4.78, 5) is 10.7. The summed E-state index contributed by atoms with van der Waals surface area (Å²) in [7, 11) is 0. The molecule has 0 aromatic heterocycles. The van der Waals surface area contributed by atoms with Gasteiger partial charge < -0.3 is 0 Å². The highest BCUT2D eigenvalue weighted by Crippen LogP contribution is 2.26. The van der Waals surface area contributed by atoms with E-state index in [4.69, 9.17) is 1.37 Å². The number of allylic oxidation sites excluding steroid dienone is 3. The fourth-order valence-corrected chi connectivity index (χ4v) is 1.37. The summed E-state index contributed by atoms with van der Waals surface area (Å²) >= 11 is 0. The number of carbonyl (C=O) groups excluding carboxylic acids is 1. The van der Waals surface area contributed by atoms with Crippen LogP contribution in [0.25, 0.3) is 0 Å². The molecule has 60 valence electrons. The molecule has 0 amide bonds. The van der Waals surface area contributed by atoms with Crippen molar-refractivity contribution in [3.8, 4) is 0 Å². The fraction of sp³-hybridized carbons (Fsp3) is 0.500. The third kappa shape index (κ3) is 2.04. The molecule has 0 N–H and O–H groups in total. The van der Waals surface area contributed by atoms with Crippen LogP contribution in [0.4, 0.5) is 0 Å². The predicted molar refractivity (Wildman–Crippen MR) is 46.3 cm³/mol. The Labute approximate surface area is 69.2 Å². The van der Waals surface area contributed by atoms with Gasteiger partial charge in [0.25, 0.3) is 0 Å². The Morgan fingerprint density at radius 3 is 3.09 bits per heavy atom. The zero-order chi connectivity index (χ0) is 9.14. The van der Waals surface area contributed by atoms with Gasteiger partial charge in [-0.1, -0.05) is 18.2 Å². The first-order chi connectivity index (χ1) is 5.61. The van der Waals surface area contributed by atoms with Crippen molar-refractivity contribution in [3.05, 3.63) is 23.8 Å². The van der Waals surface area contributed by atoms with Crippen molar-refractivity contribution in [2.75, 3.05) is 0 Å². The van der Waals surface area contributed by atoms with Crippen LogP contribution in [-0.2, 0) is 4.79 Å². The SMILES string of the molecule is [2H]C(=O)C1=CCC(C(=C)C)CC1. The molecular weight excluding hydrogens is 136 g/mol. The third-order valence-electron chi connectivity index (χ3n) is 2.24. The topological polar surface area (TPSA) is 17.1 Å². The minimum absolute atomic E-state index is 0.518. The summed E-state index contributed by atoms with van der Waals surface area (Å²) in [5, 5.41) is 0. The highest BCUT2D eigenvalue weighted by molar-refractivity contribution is 5.73. The lowest BCUT2D eigenvalue weighted by Crippen LogP contribution is -2.06. The maximum Gasteiger partial charge on any atom is 0.145 e. The van der Waals surface area contributed by atoms with Crippen molar-refractivity contribution in [2.24, 2.45) is 5.92 Å². The molecule has 0 aliphatic heterocycles. The minimum atomic E-state index is -0.518. The molecule has 0 aromatic rings. The summed E-state index contributed by atoms with van der Waals surface area (Å²) in [5.41, 5.74) is 1.86. The average molecular weight is 151 g/mol. The second kappa shape index (κ2) is 3.51. The van der Waals surface area contributed by atoms with E-state index in [0.29, 0.717) is 11.5 Å². The van der Waals surface area contributed by atoms with Crippen molar-refractivity contribution < 1.29 is 6.17 Å². The first-order valence-corrected chi connectivity index (χ1v) is 3.96. The smallest absolute Gasteiger partial charge is 0.145 e. The molecule has 0 saturated carbocycles. The van der Waals surface area contributed by atoms with Crippen molar-refractivity contribution >= 4 is 6.26 Å². The van der Waals surface area contributed by atoms with E-state index in [1.54, 1.807) is 0 Å². The number of hydrogen-bond donors (Lipinski definition) is 0. The maximum atomic E-state index is 10.7. The molecule has 1 heteroatoms. The van der Waals surface area contributed by atoms with E-state index in [1.165, 1.54) is 5.57 Å². The van der Waals surface area contributed by atoms with Crippen LogP contribution in [0.2, 0.25) is 0 Å². The van der Waals surface area contributed by atoms with Gasteiger partial charge in [-0.2, -0.15) is 0 Å². The lowest BCUT2D eigenvalue weighted by atomic mass is 9.86. The van der Waals surface area contributed by atoms with Gasteiger partial charge in [0.05, 0.1) is 0 Å². The molecule has 0 saturated heterocycles. The summed E-state index contributed by atoms with van der Waals surface area (Å²) < 4.78 is 6.92. The van der Waals surface area contributed by atoms with Crippen LogP contribution in [0.15, 0.2) is 23.8 Å². The number of aldehydes is 1. The van der Waals surface area contributed by atoms with Crippen molar-refractivity contribution in [1.82, 2.24) is 0 Å². The van der Waals surface area contributed by atoms with E-state index in [0.717, 1.165) is 19.3 Å². The van der Waals surface area contributed by atoms with Crippen molar-refractivity contribution in [1.29, 1.82) is 0 Å². The van der Waals surface area contributed by atoms with E-state index >= 15 is 0 Å². The molecule has 0 spiro atoms. The Balaban J connectivity index is 2.59. The zero-order valence-electron chi connectivity index (χ0n) is 7.89. The van der Waals surface area contributed by atoms with Crippen LogP contribution >= 0.6 is 0 Å². The molecule has 0 aromatic carbocycles. The molecule has 1 aliphatic rings. The van der Waals surface area contributed by atoms with Gasteiger partial charge in [0.2, 0.25) is 0 Å². The van der Waals surface area contributed by atoms with E-state index in [-0.39, 0.29) is 0 Å². The molecule has 0 radical (unpaired) electrons. The highest BCUT2D eigenvalue weighted by Gasteiger charge is 2.13. The van der Waals surface area contributed by atoms with Gasteiger partial charge >= 0.3 is 0 Å². The predicted octanol–water partition coefficient (Wildman–Crippen LogP) is 2.49. The van der Waals surface area contributed by atoms with Gasteiger partial charge in [-0.25, -0.2) is 0 Å². The highest BCUT2D eigenvalue weighted by atomic mass is 16.1. The second-order valence-electron chi connectivity index (χ2n) is 3.15. The third-order valence-corrected chi connectivity index (χ3v) is 2.24. The minimum Gasteiger partial charge on any atom is -0.298 e. The fourth-order valence-electron chi connectivity index (χ4n) is 1.37. The van der Waals surface area contributed by atoms with Gasteiger partial charge in [-0.3, -0.25) is 4.79 Å². The van der Waals surface area contributed by atoms with Gasteiger partial charge in [-0.15, -0.1) is 0 Å². The molecule has 0 heterocycles. The summed E-state index contributed by atoms with van der Waals surface area (Å²) in [6, 6.07) is 0. The quantitative estimate of drug-likeness (QED) is 0.437. The van der Waals surface area contributed by atoms with Crippen LogP contribution in [0.5, 0.6) is 0 Å². The largest absolute Gasteiger partial charge is 0.298 e. The second-order valence-corrected chi connectivity index (χ2v) is 3.15. The Morgan fingerprint density at radius 1 is 2.00 bits per heavy atom. The van der Waals surface area contributed by atoms with Crippen molar-refractivity contribution in [3.63, 3.8) is 0 Å². The van der Waals surface area contributed by atoms with Gasteiger partial charge in [0, 0.05) is 0 Å². The Kier molecular flexibility index (Phi) is 2.18. The van der Waals surface area contributed by atoms with Crippen LogP contribution in [0, 0.1) is 5.92 Å². The van der Waals surface area contributed by atoms with E-state index in [9.17, 15) is 4.79 Å². The van der Waals surface area contributed by atoms with Gasteiger partial charge in [0.15, 0.2) is 0 Å². The molecule has 0 fully saturated rings. The zero-order valence-corrected chi connectivity index (χ0v) is 6.89. The average Bonchev–Trinajstić information content (AvgIpc) is 2.04. The summed E-state index contributed by atoms with van der Waals surface area (Å²) in [5.74, 6) is 0.521. The monoisotopic (exact) mass is 151 g/mol. The molecular formula is C10H14O. The lowest BCUT2D eigenvalue weighted by molar-refractivity contribution is -0.105. The van der Waals surface area contributed by atoms with Crippen LogP contribution in [0.3, 0.4) is 0 Å². The number of hydrogen-bond acceptors (Lipinski definition) is 1. The van der Waals surface area contributed by atoms with Gasteiger partial charge in [-0.05, 0) is 37.7 Å². The van der Waals surface area contributed by atoms with Crippen molar-refractivity contribution in [2.45, 2.75) is 26.2 Å². The normalized spacial score (nSPS) is 25.4. The first-order valence-electron chi connectivity index (χ1n) is 4.46. The molecule has 1 unspecified atom stereocenters.